The van der Waals surface area contributed by atoms with E-state index < -0.39 is 0 Å². The fourth-order valence-electron chi connectivity index (χ4n) is 2.22. The van der Waals surface area contributed by atoms with Gasteiger partial charge in [-0.15, -0.1) is 0 Å². The second-order valence-electron chi connectivity index (χ2n) is 4.56. The molecule has 3 nitrogen and oxygen atoms in total. The summed E-state index contributed by atoms with van der Waals surface area (Å²) < 4.78 is 0.746. The lowest BCUT2D eigenvalue weighted by molar-refractivity contribution is 0.104. The van der Waals surface area contributed by atoms with Gasteiger partial charge in [-0.1, -0.05) is 27.5 Å². The van der Waals surface area contributed by atoms with Crippen molar-refractivity contribution in [3.63, 3.8) is 0 Å². The van der Waals surface area contributed by atoms with Crippen molar-refractivity contribution < 1.29 is 4.79 Å². The van der Waals surface area contributed by atoms with E-state index in [1.165, 1.54) is 0 Å². The summed E-state index contributed by atoms with van der Waals surface area (Å²) in [5.74, 6) is -0.139. The molecule has 1 N–H and O–H groups in total. The topological polar surface area (TPSA) is 56.6 Å². The minimum atomic E-state index is -0.139. The van der Waals surface area contributed by atoms with Gasteiger partial charge >= 0.3 is 0 Å². The second kappa shape index (κ2) is 5.36. The number of halogens is 2. The molecular weight excluding hydrogens is 352 g/mol. The SMILES string of the molecule is N#Cc1ccc2[nH]cc(C(=O)c3cc(Cl)cc(Br)c3)c2c1. The molecule has 0 bridgehead atoms. The molecule has 102 valence electrons. The zero-order valence-corrected chi connectivity index (χ0v) is 13.0. The van der Waals surface area contributed by atoms with Crippen LogP contribution in [0, 0.1) is 11.3 Å². The number of hydrogen-bond acceptors (Lipinski definition) is 2. The molecule has 0 saturated heterocycles. The molecule has 0 amide bonds. The molecule has 0 atom stereocenters. The van der Waals surface area contributed by atoms with Crippen LogP contribution in [0.1, 0.15) is 21.5 Å². The van der Waals surface area contributed by atoms with Crippen LogP contribution in [0.4, 0.5) is 0 Å². The van der Waals surface area contributed by atoms with Crippen molar-refractivity contribution in [2.24, 2.45) is 0 Å². The van der Waals surface area contributed by atoms with Gasteiger partial charge in [-0.25, -0.2) is 0 Å². The standard InChI is InChI=1S/C16H8BrClN2O/c17-11-4-10(5-12(18)6-11)16(21)14-8-20-15-2-1-9(7-19)3-13(14)15/h1-6,8,20H. The van der Waals surface area contributed by atoms with Gasteiger partial charge in [0.25, 0.3) is 0 Å². The number of hydrogen-bond donors (Lipinski definition) is 1. The number of ketones is 1. The number of nitrogens with one attached hydrogen (secondary N) is 1. The predicted octanol–water partition coefficient (Wildman–Crippen LogP) is 4.69. The van der Waals surface area contributed by atoms with E-state index >= 15 is 0 Å². The molecule has 21 heavy (non-hydrogen) atoms. The molecule has 1 aromatic heterocycles. The van der Waals surface area contributed by atoms with Crippen molar-refractivity contribution in [1.29, 1.82) is 5.26 Å². The molecule has 0 aliphatic heterocycles. The third kappa shape index (κ3) is 2.58. The Morgan fingerprint density at radius 1 is 1.24 bits per heavy atom. The summed E-state index contributed by atoms with van der Waals surface area (Å²) in [6.45, 7) is 0. The van der Waals surface area contributed by atoms with Crippen molar-refractivity contribution in [3.8, 4) is 6.07 Å². The third-order valence-electron chi connectivity index (χ3n) is 3.18. The summed E-state index contributed by atoms with van der Waals surface area (Å²) in [4.78, 5) is 15.7. The molecule has 0 radical (unpaired) electrons. The number of carbonyl (C=O) groups excluding carboxylic acids is 1. The van der Waals surface area contributed by atoms with Gasteiger partial charge in [-0.2, -0.15) is 5.26 Å². The Morgan fingerprint density at radius 2 is 2.05 bits per heavy atom. The van der Waals surface area contributed by atoms with E-state index in [-0.39, 0.29) is 5.78 Å². The molecule has 5 heteroatoms. The zero-order valence-electron chi connectivity index (χ0n) is 10.7. The van der Waals surface area contributed by atoms with Gasteiger partial charge in [0.05, 0.1) is 11.6 Å². The number of aromatic nitrogens is 1. The van der Waals surface area contributed by atoms with Gasteiger partial charge in [-0.05, 0) is 36.4 Å². The molecule has 3 rings (SSSR count). The second-order valence-corrected chi connectivity index (χ2v) is 5.91. The first-order chi connectivity index (χ1) is 10.1. The summed E-state index contributed by atoms with van der Waals surface area (Å²) in [5.41, 5.74) is 2.36. The largest absolute Gasteiger partial charge is 0.360 e. The fourth-order valence-corrected chi connectivity index (χ4v) is 3.08. The number of H-pyrrole nitrogens is 1. The molecular formula is C16H8BrClN2O. The van der Waals surface area contributed by atoms with Crippen molar-refractivity contribution in [2.45, 2.75) is 0 Å². The van der Waals surface area contributed by atoms with Gasteiger partial charge in [0.1, 0.15) is 0 Å². The molecule has 0 spiro atoms. The van der Waals surface area contributed by atoms with E-state index in [9.17, 15) is 4.79 Å². The van der Waals surface area contributed by atoms with Crippen LogP contribution in [0.3, 0.4) is 0 Å². The van der Waals surface area contributed by atoms with Crippen LogP contribution in [0.15, 0.2) is 47.1 Å². The van der Waals surface area contributed by atoms with Crippen LogP contribution in [-0.4, -0.2) is 10.8 Å². The lowest BCUT2D eigenvalue weighted by Gasteiger charge is -2.02. The quantitative estimate of drug-likeness (QED) is 0.675. The number of nitrogens with zero attached hydrogens (tertiary/aromatic N) is 1. The lowest BCUT2D eigenvalue weighted by atomic mass is 10.0. The molecule has 0 unspecified atom stereocenters. The smallest absolute Gasteiger partial charge is 0.195 e. The Hall–Kier alpha value is -2.09. The van der Waals surface area contributed by atoms with Gasteiger partial charge in [0, 0.05) is 37.7 Å². The first kappa shape index (κ1) is 13.9. The Bertz CT molecular complexity index is 888. The van der Waals surface area contributed by atoms with Crippen LogP contribution in [-0.2, 0) is 0 Å². The number of carbonyl (C=O) groups is 1. The van der Waals surface area contributed by atoms with E-state index in [1.807, 2.05) is 0 Å². The third-order valence-corrected chi connectivity index (χ3v) is 3.86. The first-order valence-corrected chi connectivity index (χ1v) is 7.27. The Labute approximate surface area is 134 Å². The maximum absolute atomic E-state index is 12.6. The monoisotopic (exact) mass is 358 g/mol. The van der Waals surface area contributed by atoms with Crippen LogP contribution in [0.2, 0.25) is 5.02 Å². The van der Waals surface area contributed by atoms with E-state index in [0.29, 0.717) is 21.7 Å². The van der Waals surface area contributed by atoms with Crippen molar-refractivity contribution >= 4 is 44.2 Å². The average Bonchev–Trinajstić information content (AvgIpc) is 2.88. The highest BCUT2D eigenvalue weighted by Crippen LogP contribution is 2.25. The maximum atomic E-state index is 12.6. The van der Waals surface area contributed by atoms with Crippen LogP contribution >= 0.6 is 27.5 Å². The summed E-state index contributed by atoms with van der Waals surface area (Å²) in [7, 11) is 0. The minimum absolute atomic E-state index is 0.139. The van der Waals surface area contributed by atoms with Crippen LogP contribution in [0.25, 0.3) is 10.9 Å². The number of nitriles is 1. The molecule has 1 heterocycles. The number of fused-ring (bicyclic) bond motifs is 1. The zero-order chi connectivity index (χ0) is 15.0. The highest BCUT2D eigenvalue weighted by Gasteiger charge is 2.15. The first-order valence-electron chi connectivity index (χ1n) is 6.10. The Kier molecular flexibility index (Phi) is 3.54. The van der Waals surface area contributed by atoms with E-state index in [2.05, 4.69) is 27.0 Å². The highest BCUT2D eigenvalue weighted by molar-refractivity contribution is 9.10. The Morgan fingerprint density at radius 3 is 2.76 bits per heavy atom. The minimum Gasteiger partial charge on any atom is -0.360 e. The summed E-state index contributed by atoms with van der Waals surface area (Å²) in [6, 6.07) is 12.4. The lowest BCUT2D eigenvalue weighted by Crippen LogP contribution is -2.00. The number of rotatable bonds is 2. The number of aromatic amines is 1. The van der Waals surface area contributed by atoms with Gasteiger partial charge in [0.15, 0.2) is 5.78 Å². The van der Waals surface area contributed by atoms with Crippen molar-refractivity contribution in [2.75, 3.05) is 0 Å². The van der Waals surface area contributed by atoms with Crippen molar-refractivity contribution in [1.82, 2.24) is 4.98 Å². The summed E-state index contributed by atoms with van der Waals surface area (Å²) >= 11 is 9.32. The summed E-state index contributed by atoms with van der Waals surface area (Å²) in [6.07, 6.45) is 1.66. The molecule has 2 aromatic carbocycles. The predicted molar refractivity (Wildman–Crippen MR) is 85.6 cm³/mol. The van der Waals surface area contributed by atoms with Crippen molar-refractivity contribution in [3.05, 3.63) is 68.8 Å². The van der Waals surface area contributed by atoms with Gasteiger partial charge in [0.2, 0.25) is 0 Å². The van der Waals surface area contributed by atoms with E-state index in [1.54, 1.807) is 42.6 Å². The normalized spacial score (nSPS) is 10.5. The van der Waals surface area contributed by atoms with E-state index in [4.69, 9.17) is 16.9 Å². The molecule has 3 aromatic rings. The van der Waals surface area contributed by atoms with Crippen LogP contribution < -0.4 is 0 Å². The van der Waals surface area contributed by atoms with E-state index in [0.717, 1.165) is 15.4 Å². The Balaban J connectivity index is 2.15. The maximum Gasteiger partial charge on any atom is 0.195 e. The number of benzene rings is 2. The highest BCUT2D eigenvalue weighted by atomic mass is 79.9. The van der Waals surface area contributed by atoms with Gasteiger partial charge in [-0.3, -0.25) is 4.79 Å². The fraction of sp³-hybridized carbons (Fsp3) is 0. The summed E-state index contributed by atoms with van der Waals surface area (Å²) in [5, 5.41) is 10.2. The van der Waals surface area contributed by atoms with Crippen LogP contribution in [0.5, 0.6) is 0 Å². The van der Waals surface area contributed by atoms with Gasteiger partial charge < -0.3 is 4.98 Å². The molecule has 0 fully saturated rings. The molecule has 0 aliphatic rings. The molecule has 0 aliphatic carbocycles. The molecule has 0 saturated carbocycles. The average molecular weight is 360 g/mol.